The molecule has 1 N–H and O–H groups in total. The smallest absolute Gasteiger partial charge is 0.178 e. The summed E-state index contributed by atoms with van der Waals surface area (Å²) in [7, 11) is 0. The molecule has 0 aromatic heterocycles. The standard InChI is InChI=1S/C13H16O2/c1-12(15)8-13-5-4-11(14)6-9(13)2-3-10(12)7-13/h4-6,10,15H,2-3,7-8H2,1H3/t10-,12-,13-/m0/s1. The molecule has 2 fully saturated rings. The van der Waals surface area contributed by atoms with Gasteiger partial charge in [-0.3, -0.25) is 4.79 Å². The van der Waals surface area contributed by atoms with Crippen molar-refractivity contribution in [2.45, 2.75) is 38.2 Å². The number of hydrogen-bond donors (Lipinski definition) is 1. The van der Waals surface area contributed by atoms with Crippen molar-refractivity contribution in [2.75, 3.05) is 0 Å². The van der Waals surface area contributed by atoms with Crippen LogP contribution in [0.3, 0.4) is 0 Å². The predicted molar refractivity (Wildman–Crippen MR) is 57.2 cm³/mol. The molecule has 3 atom stereocenters. The van der Waals surface area contributed by atoms with Crippen LogP contribution in [0.2, 0.25) is 0 Å². The molecule has 3 aliphatic carbocycles. The van der Waals surface area contributed by atoms with Crippen molar-refractivity contribution in [1.82, 2.24) is 0 Å². The Balaban J connectivity index is 2.06. The second-order valence-electron chi connectivity index (χ2n) is 5.54. The average Bonchev–Trinajstić information content (AvgIpc) is 2.36. The summed E-state index contributed by atoms with van der Waals surface area (Å²) >= 11 is 0. The van der Waals surface area contributed by atoms with E-state index in [0.29, 0.717) is 5.92 Å². The molecule has 15 heavy (non-hydrogen) atoms. The van der Waals surface area contributed by atoms with Gasteiger partial charge in [0.05, 0.1) is 5.60 Å². The van der Waals surface area contributed by atoms with Gasteiger partial charge in [-0.2, -0.15) is 0 Å². The van der Waals surface area contributed by atoms with Gasteiger partial charge in [-0.15, -0.1) is 0 Å². The van der Waals surface area contributed by atoms with E-state index in [1.54, 1.807) is 12.2 Å². The Hall–Kier alpha value is -0.890. The van der Waals surface area contributed by atoms with Gasteiger partial charge in [0.15, 0.2) is 5.78 Å². The summed E-state index contributed by atoms with van der Waals surface area (Å²) in [6, 6.07) is 0. The molecule has 1 spiro atoms. The van der Waals surface area contributed by atoms with E-state index in [2.05, 4.69) is 0 Å². The van der Waals surface area contributed by atoms with Gasteiger partial charge < -0.3 is 5.11 Å². The molecule has 0 aromatic carbocycles. The summed E-state index contributed by atoms with van der Waals surface area (Å²) < 4.78 is 0. The zero-order chi connectivity index (χ0) is 10.7. The summed E-state index contributed by atoms with van der Waals surface area (Å²) in [5, 5.41) is 10.3. The molecule has 0 radical (unpaired) electrons. The van der Waals surface area contributed by atoms with Crippen LogP contribution in [0.4, 0.5) is 0 Å². The van der Waals surface area contributed by atoms with Crippen molar-refractivity contribution in [3.63, 3.8) is 0 Å². The lowest BCUT2D eigenvalue weighted by Gasteiger charge is -2.34. The van der Waals surface area contributed by atoms with Crippen LogP contribution in [0.5, 0.6) is 0 Å². The van der Waals surface area contributed by atoms with E-state index in [1.165, 1.54) is 5.57 Å². The van der Waals surface area contributed by atoms with Crippen LogP contribution >= 0.6 is 0 Å². The van der Waals surface area contributed by atoms with Crippen LogP contribution in [0, 0.1) is 11.3 Å². The van der Waals surface area contributed by atoms with Gasteiger partial charge in [0.25, 0.3) is 0 Å². The molecule has 0 aromatic rings. The lowest BCUT2D eigenvalue weighted by atomic mass is 9.69. The quantitative estimate of drug-likeness (QED) is 0.655. The minimum atomic E-state index is -0.541. The molecule has 2 bridgehead atoms. The monoisotopic (exact) mass is 204 g/mol. The van der Waals surface area contributed by atoms with E-state index in [1.807, 2.05) is 13.0 Å². The minimum Gasteiger partial charge on any atom is -0.390 e. The highest BCUT2D eigenvalue weighted by molar-refractivity contribution is 6.01. The largest absolute Gasteiger partial charge is 0.390 e. The summed E-state index contributed by atoms with van der Waals surface area (Å²) in [6.45, 7) is 1.94. The second-order valence-corrected chi connectivity index (χ2v) is 5.54. The van der Waals surface area contributed by atoms with Crippen LogP contribution in [-0.2, 0) is 4.79 Å². The number of carbonyl (C=O) groups is 1. The molecule has 2 heteroatoms. The van der Waals surface area contributed by atoms with Crippen LogP contribution < -0.4 is 0 Å². The third-order valence-corrected chi connectivity index (χ3v) is 4.45. The molecular formula is C13H16O2. The first-order valence-corrected chi connectivity index (χ1v) is 5.69. The van der Waals surface area contributed by atoms with E-state index >= 15 is 0 Å². The lowest BCUT2D eigenvalue weighted by Crippen LogP contribution is -2.28. The fourth-order valence-corrected chi connectivity index (χ4v) is 3.66. The third-order valence-electron chi connectivity index (χ3n) is 4.45. The van der Waals surface area contributed by atoms with Crippen molar-refractivity contribution in [1.29, 1.82) is 0 Å². The van der Waals surface area contributed by atoms with Gasteiger partial charge in [-0.05, 0) is 50.7 Å². The predicted octanol–water partition coefficient (Wildman–Crippen LogP) is 1.99. The highest BCUT2D eigenvalue weighted by Gasteiger charge is 2.54. The molecular weight excluding hydrogens is 188 g/mol. The molecule has 3 aliphatic rings. The van der Waals surface area contributed by atoms with E-state index in [-0.39, 0.29) is 11.2 Å². The van der Waals surface area contributed by atoms with Gasteiger partial charge in [0, 0.05) is 5.41 Å². The molecule has 2 saturated carbocycles. The summed E-state index contributed by atoms with van der Waals surface area (Å²) in [6.07, 6.45) is 9.33. The molecule has 3 rings (SSSR count). The maximum Gasteiger partial charge on any atom is 0.178 e. The van der Waals surface area contributed by atoms with Crippen molar-refractivity contribution in [2.24, 2.45) is 11.3 Å². The van der Waals surface area contributed by atoms with Gasteiger partial charge in [-0.1, -0.05) is 11.6 Å². The SMILES string of the molecule is C[C@]1(O)C[C@@]23C=CC(=O)C=C2CC[C@H]1C3. The maximum atomic E-state index is 11.3. The Morgan fingerprint density at radius 2 is 2.33 bits per heavy atom. The summed E-state index contributed by atoms with van der Waals surface area (Å²) in [4.78, 5) is 11.3. The van der Waals surface area contributed by atoms with Crippen molar-refractivity contribution < 1.29 is 9.90 Å². The van der Waals surface area contributed by atoms with Crippen molar-refractivity contribution in [3.05, 3.63) is 23.8 Å². The normalized spacial score (nSPS) is 47.7. The van der Waals surface area contributed by atoms with Gasteiger partial charge in [-0.25, -0.2) is 0 Å². The molecule has 0 unspecified atom stereocenters. The lowest BCUT2D eigenvalue weighted by molar-refractivity contribution is -0.110. The molecule has 80 valence electrons. The number of allylic oxidation sites excluding steroid dienone is 4. The Morgan fingerprint density at radius 1 is 1.53 bits per heavy atom. The zero-order valence-corrected chi connectivity index (χ0v) is 8.99. The number of rotatable bonds is 0. The molecule has 0 amide bonds. The highest BCUT2D eigenvalue weighted by Crippen LogP contribution is 2.59. The first-order valence-electron chi connectivity index (χ1n) is 5.69. The van der Waals surface area contributed by atoms with Gasteiger partial charge in [0.1, 0.15) is 0 Å². The van der Waals surface area contributed by atoms with E-state index in [9.17, 15) is 9.90 Å². The van der Waals surface area contributed by atoms with Crippen LogP contribution in [-0.4, -0.2) is 16.5 Å². The average molecular weight is 204 g/mol. The minimum absolute atomic E-state index is 0.0142. The topological polar surface area (TPSA) is 37.3 Å². The molecule has 2 nitrogen and oxygen atoms in total. The Kier molecular flexibility index (Phi) is 1.63. The van der Waals surface area contributed by atoms with Gasteiger partial charge in [0.2, 0.25) is 0 Å². The second kappa shape index (κ2) is 2.62. The summed E-state index contributed by atoms with van der Waals surface area (Å²) in [5.41, 5.74) is 0.727. The van der Waals surface area contributed by atoms with Crippen molar-refractivity contribution in [3.8, 4) is 0 Å². The molecule has 0 aliphatic heterocycles. The maximum absolute atomic E-state index is 11.3. The van der Waals surface area contributed by atoms with E-state index in [0.717, 1.165) is 25.7 Å². The van der Waals surface area contributed by atoms with E-state index in [4.69, 9.17) is 0 Å². The summed E-state index contributed by atoms with van der Waals surface area (Å²) in [5.74, 6) is 0.521. The van der Waals surface area contributed by atoms with Gasteiger partial charge >= 0.3 is 0 Å². The van der Waals surface area contributed by atoms with Crippen LogP contribution in [0.25, 0.3) is 0 Å². The van der Waals surface area contributed by atoms with E-state index < -0.39 is 5.60 Å². The molecule has 0 saturated heterocycles. The number of fused-ring (bicyclic) bond motifs is 1. The number of ketones is 1. The Morgan fingerprint density at radius 3 is 3.13 bits per heavy atom. The fraction of sp³-hybridized carbons (Fsp3) is 0.615. The fourth-order valence-electron chi connectivity index (χ4n) is 3.66. The Bertz CT molecular complexity index is 389. The number of aliphatic hydroxyl groups is 1. The van der Waals surface area contributed by atoms with Crippen LogP contribution in [0.1, 0.15) is 32.6 Å². The van der Waals surface area contributed by atoms with Crippen molar-refractivity contribution >= 4 is 5.78 Å². The first kappa shape index (κ1) is 9.34. The van der Waals surface area contributed by atoms with Crippen LogP contribution in [0.15, 0.2) is 23.8 Å². The first-order chi connectivity index (χ1) is 7.02. The number of carbonyl (C=O) groups excluding carboxylic acids is 1. The molecule has 0 heterocycles. The number of hydrogen-bond acceptors (Lipinski definition) is 2. The zero-order valence-electron chi connectivity index (χ0n) is 8.99. The third kappa shape index (κ3) is 1.18. The Labute approximate surface area is 89.7 Å². The highest BCUT2D eigenvalue weighted by atomic mass is 16.3.